The first-order valence-corrected chi connectivity index (χ1v) is 9.58. The first-order valence-electron chi connectivity index (χ1n) is 9.58. The van der Waals surface area contributed by atoms with Gasteiger partial charge in [-0.1, -0.05) is 17.3 Å². The normalized spacial score (nSPS) is 15.3. The van der Waals surface area contributed by atoms with Crippen molar-refractivity contribution in [3.63, 3.8) is 0 Å². The minimum absolute atomic E-state index is 0.201. The second-order valence-electron chi connectivity index (χ2n) is 7.33. The zero-order valence-corrected chi connectivity index (χ0v) is 16.2. The summed E-state index contributed by atoms with van der Waals surface area (Å²) < 4.78 is 4.93. The van der Waals surface area contributed by atoms with Gasteiger partial charge in [0.2, 0.25) is 0 Å². The fourth-order valence-corrected chi connectivity index (χ4v) is 3.74. The summed E-state index contributed by atoms with van der Waals surface area (Å²) in [5.74, 6) is 1.69. The van der Waals surface area contributed by atoms with Crippen molar-refractivity contribution in [3.8, 4) is 17.1 Å². The predicted octanol–water partition coefficient (Wildman–Crippen LogP) is 3.25. The van der Waals surface area contributed by atoms with E-state index in [0.717, 1.165) is 49.7 Å². The minimum Gasteiger partial charge on any atom is -0.507 e. The number of aromatic hydroxyl groups is 1. The number of aryl methyl sites for hydroxylation is 1. The topological polar surface area (TPSA) is 78.5 Å². The molecule has 0 amide bonds. The summed E-state index contributed by atoms with van der Waals surface area (Å²) in [5, 5.41) is 14.2. The standard InChI is InChI=1S/C21H25N5O2/c1-15-13-20(23-21(22-15)18-5-3-4-6-19(18)27)26-10-7-17(8-11-26)25(2)14-16-9-12-28-24-16/h3-6,9,12-13,17,27H,7-8,10-11,14H2,1-2H3. The van der Waals surface area contributed by atoms with E-state index in [9.17, 15) is 5.11 Å². The van der Waals surface area contributed by atoms with Crippen LogP contribution in [0.5, 0.6) is 5.75 Å². The van der Waals surface area contributed by atoms with E-state index in [1.807, 2.05) is 31.2 Å². The Balaban J connectivity index is 1.45. The summed E-state index contributed by atoms with van der Waals surface area (Å²) in [4.78, 5) is 13.9. The number of benzene rings is 1. The number of rotatable bonds is 5. The van der Waals surface area contributed by atoms with Crippen molar-refractivity contribution in [2.75, 3.05) is 25.0 Å². The molecule has 1 aliphatic rings. The lowest BCUT2D eigenvalue weighted by atomic mass is 10.0. The number of para-hydroxylation sites is 1. The molecule has 146 valence electrons. The molecule has 1 fully saturated rings. The fourth-order valence-electron chi connectivity index (χ4n) is 3.74. The number of hydrogen-bond donors (Lipinski definition) is 1. The number of aromatic nitrogens is 3. The van der Waals surface area contributed by atoms with Gasteiger partial charge in [0.15, 0.2) is 5.82 Å². The molecule has 7 nitrogen and oxygen atoms in total. The van der Waals surface area contributed by atoms with Crippen LogP contribution in [0, 0.1) is 6.92 Å². The van der Waals surface area contributed by atoms with Gasteiger partial charge in [-0.25, -0.2) is 9.97 Å². The third-order valence-corrected chi connectivity index (χ3v) is 5.30. The van der Waals surface area contributed by atoms with Crippen molar-refractivity contribution >= 4 is 5.82 Å². The highest BCUT2D eigenvalue weighted by molar-refractivity contribution is 5.65. The molecule has 2 aromatic heterocycles. The van der Waals surface area contributed by atoms with E-state index >= 15 is 0 Å². The van der Waals surface area contributed by atoms with E-state index in [-0.39, 0.29) is 5.75 Å². The number of phenols is 1. The van der Waals surface area contributed by atoms with Gasteiger partial charge in [-0.2, -0.15) is 0 Å². The number of piperidine rings is 1. The molecule has 3 heterocycles. The van der Waals surface area contributed by atoms with Crippen LogP contribution >= 0.6 is 0 Å². The smallest absolute Gasteiger partial charge is 0.165 e. The van der Waals surface area contributed by atoms with Crippen LogP contribution in [0.15, 0.2) is 47.2 Å². The van der Waals surface area contributed by atoms with E-state index in [1.165, 1.54) is 0 Å². The first kappa shape index (κ1) is 18.4. The van der Waals surface area contributed by atoms with E-state index in [2.05, 4.69) is 27.0 Å². The SMILES string of the molecule is Cc1cc(N2CCC(N(C)Cc3ccon3)CC2)nc(-c2ccccc2O)n1. The predicted molar refractivity (Wildman–Crippen MR) is 107 cm³/mol. The molecule has 1 aromatic carbocycles. The second-order valence-corrected chi connectivity index (χ2v) is 7.33. The van der Waals surface area contributed by atoms with Crippen molar-refractivity contribution < 1.29 is 9.63 Å². The molecule has 0 radical (unpaired) electrons. The second kappa shape index (κ2) is 7.98. The van der Waals surface area contributed by atoms with Crippen molar-refractivity contribution in [3.05, 3.63) is 54.0 Å². The minimum atomic E-state index is 0.201. The van der Waals surface area contributed by atoms with Gasteiger partial charge in [-0.3, -0.25) is 4.90 Å². The average Bonchev–Trinajstić information content (AvgIpc) is 3.21. The molecule has 1 saturated heterocycles. The molecular formula is C21H25N5O2. The Hall–Kier alpha value is -2.93. The Morgan fingerprint density at radius 1 is 1.18 bits per heavy atom. The van der Waals surface area contributed by atoms with Gasteiger partial charge in [0.1, 0.15) is 17.8 Å². The lowest BCUT2D eigenvalue weighted by Gasteiger charge is -2.37. The van der Waals surface area contributed by atoms with Crippen molar-refractivity contribution in [2.45, 2.75) is 32.4 Å². The average molecular weight is 379 g/mol. The van der Waals surface area contributed by atoms with Gasteiger partial charge < -0.3 is 14.5 Å². The molecule has 28 heavy (non-hydrogen) atoms. The summed E-state index contributed by atoms with van der Waals surface area (Å²) in [5.41, 5.74) is 2.52. The Bertz CT molecular complexity index is 920. The molecule has 1 N–H and O–H groups in total. The molecule has 7 heteroatoms. The van der Waals surface area contributed by atoms with Gasteiger partial charge in [0.05, 0.1) is 11.3 Å². The summed E-state index contributed by atoms with van der Waals surface area (Å²) in [6.07, 6.45) is 3.73. The number of hydrogen-bond acceptors (Lipinski definition) is 7. The molecule has 3 aromatic rings. The van der Waals surface area contributed by atoms with E-state index < -0.39 is 0 Å². The molecule has 0 unspecified atom stereocenters. The monoisotopic (exact) mass is 379 g/mol. The van der Waals surface area contributed by atoms with Gasteiger partial charge in [-0.05, 0) is 38.9 Å². The highest BCUT2D eigenvalue weighted by Crippen LogP contribution is 2.29. The van der Waals surface area contributed by atoms with E-state index in [4.69, 9.17) is 9.51 Å². The number of anilines is 1. The van der Waals surface area contributed by atoms with Crippen LogP contribution < -0.4 is 4.90 Å². The van der Waals surface area contributed by atoms with Gasteiger partial charge in [0.25, 0.3) is 0 Å². The molecule has 0 atom stereocenters. The lowest BCUT2D eigenvalue weighted by molar-refractivity contribution is 0.195. The summed E-state index contributed by atoms with van der Waals surface area (Å²) >= 11 is 0. The van der Waals surface area contributed by atoms with Crippen molar-refractivity contribution in [1.82, 2.24) is 20.0 Å². The van der Waals surface area contributed by atoms with Crippen LogP contribution in [0.2, 0.25) is 0 Å². The van der Waals surface area contributed by atoms with Gasteiger partial charge >= 0.3 is 0 Å². The maximum absolute atomic E-state index is 10.1. The molecular weight excluding hydrogens is 354 g/mol. The maximum Gasteiger partial charge on any atom is 0.165 e. The van der Waals surface area contributed by atoms with Crippen LogP contribution in [0.1, 0.15) is 24.2 Å². The maximum atomic E-state index is 10.1. The van der Waals surface area contributed by atoms with Crippen molar-refractivity contribution in [1.29, 1.82) is 0 Å². The Labute approximate surface area is 164 Å². The number of phenolic OH excluding ortho intramolecular Hbond substituents is 1. The van der Waals surface area contributed by atoms with Gasteiger partial charge in [0, 0.05) is 43.5 Å². The molecule has 1 aliphatic heterocycles. The van der Waals surface area contributed by atoms with Crippen LogP contribution in [-0.4, -0.2) is 51.3 Å². The van der Waals surface area contributed by atoms with Crippen LogP contribution in [0.3, 0.4) is 0 Å². The quantitative estimate of drug-likeness (QED) is 0.729. The van der Waals surface area contributed by atoms with E-state index in [1.54, 1.807) is 18.4 Å². The van der Waals surface area contributed by atoms with Crippen LogP contribution in [0.25, 0.3) is 11.4 Å². The lowest BCUT2D eigenvalue weighted by Crippen LogP contribution is -2.43. The molecule has 0 bridgehead atoms. The van der Waals surface area contributed by atoms with Gasteiger partial charge in [-0.15, -0.1) is 0 Å². The summed E-state index contributed by atoms with van der Waals surface area (Å²) in [7, 11) is 2.14. The highest BCUT2D eigenvalue weighted by Gasteiger charge is 2.24. The Kier molecular flexibility index (Phi) is 5.25. The summed E-state index contributed by atoms with van der Waals surface area (Å²) in [6.45, 7) is 4.63. The zero-order valence-electron chi connectivity index (χ0n) is 16.2. The first-order chi connectivity index (χ1) is 13.6. The summed E-state index contributed by atoms with van der Waals surface area (Å²) in [6, 6.07) is 11.6. The van der Waals surface area contributed by atoms with E-state index in [0.29, 0.717) is 17.4 Å². The zero-order chi connectivity index (χ0) is 19.5. The molecule has 0 aliphatic carbocycles. The Morgan fingerprint density at radius 3 is 2.68 bits per heavy atom. The fraction of sp³-hybridized carbons (Fsp3) is 0.381. The van der Waals surface area contributed by atoms with Crippen molar-refractivity contribution in [2.24, 2.45) is 0 Å². The number of nitrogens with zero attached hydrogens (tertiary/aromatic N) is 5. The molecule has 4 rings (SSSR count). The third-order valence-electron chi connectivity index (χ3n) is 5.30. The largest absolute Gasteiger partial charge is 0.507 e. The molecule has 0 saturated carbocycles. The highest BCUT2D eigenvalue weighted by atomic mass is 16.5. The van der Waals surface area contributed by atoms with Crippen LogP contribution in [-0.2, 0) is 6.54 Å². The molecule has 0 spiro atoms. The van der Waals surface area contributed by atoms with Crippen LogP contribution in [0.4, 0.5) is 5.82 Å². The Morgan fingerprint density at radius 2 is 1.96 bits per heavy atom. The third kappa shape index (κ3) is 3.99.